The Hall–Kier alpha value is -1.36. The lowest BCUT2D eigenvalue weighted by molar-refractivity contribution is 0.395. The van der Waals surface area contributed by atoms with E-state index in [4.69, 9.17) is 4.74 Å². The zero-order valence-electron chi connectivity index (χ0n) is 11.9. The Kier molecular flexibility index (Phi) is 3.31. The van der Waals surface area contributed by atoms with Crippen LogP contribution in [0, 0.1) is 18.8 Å². The van der Waals surface area contributed by atoms with Gasteiger partial charge in [0.2, 0.25) is 11.8 Å². The van der Waals surface area contributed by atoms with Crippen LogP contribution in [0.2, 0.25) is 0 Å². The van der Waals surface area contributed by atoms with Gasteiger partial charge in [0.05, 0.1) is 7.11 Å². The fourth-order valence-electron chi connectivity index (χ4n) is 3.53. The lowest BCUT2D eigenvalue weighted by Gasteiger charge is -2.27. The molecule has 0 spiro atoms. The number of aryl methyl sites for hydroxylation is 1. The van der Waals surface area contributed by atoms with E-state index in [1.165, 1.54) is 0 Å². The quantitative estimate of drug-likeness (QED) is 0.888. The number of anilines is 1. The minimum atomic E-state index is 0.548. The number of aromatic nitrogens is 2. The first-order chi connectivity index (χ1) is 9.22. The van der Waals surface area contributed by atoms with Gasteiger partial charge in [-0.3, -0.25) is 0 Å². The molecule has 0 radical (unpaired) electrons. The monoisotopic (exact) mass is 262 g/mol. The molecule has 3 unspecified atom stereocenters. The number of methoxy groups -OCH3 is 1. The molecule has 19 heavy (non-hydrogen) atoms. The summed E-state index contributed by atoms with van der Waals surface area (Å²) in [6.45, 7) is 7.56. The maximum absolute atomic E-state index is 5.27. The molecule has 2 aliphatic heterocycles. The molecule has 3 atom stereocenters. The SMILES string of the molecule is CCC1C2CNCC2CN1c1nc(C)cc(OC)n1. The van der Waals surface area contributed by atoms with Gasteiger partial charge in [-0.05, 0) is 25.2 Å². The summed E-state index contributed by atoms with van der Waals surface area (Å²) in [4.78, 5) is 11.5. The third-order valence-electron chi connectivity index (χ3n) is 4.42. The number of ether oxygens (including phenoxy) is 1. The molecule has 1 N–H and O–H groups in total. The average Bonchev–Trinajstić information content (AvgIpc) is 2.97. The second kappa shape index (κ2) is 4.96. The summed E-state index contributed by atoms with van der Waals surface area (Å²) in [6, 6.07) is 2.43. The largest absolute Gasteiger partial charge is 0.481 e. The second-order valence-electron chi connectivity index (χ2n) is 5.56. The molecule has 0 aliphatic carbocycles. The van der Waals surface area contributed by atoms with Crippen molar-refractivity contribution < 1.29 is 4.74 Å². The summed E-state index contributed by atoms with van der Waals surface area (Å²) >= 11 is 0. The van der Waals surface area contributed by atoms with Crippen molar-refractivity contribution >= 4 is 5.95 Å². The van der Waals surface area contributed by atoms with E-state index in [-0.39, 0.29) is 0 Å². The van der Waals surface area contributed by atoms with Crippen molar-refractivity contribution in [2.75, 3.05) is 31.6 Å². The number of hydrogen-bond acceptors (Lipinski definition) is 5. The molecular weight excluding hydrogens is 240 g/mol. The molecule has 3 rings (SSSR count). The van der Waals surface area contributed by atoms with E-state index < -0.39 is 0 Å². The molecule has 0 amide bonds. The summed E-state index contributed by atoms with van der Waals surface area (Å²) in [5.74, 6) is 2.96. The Bertz CT molecular complexity index is 465. The van der Waals surface area contributed by atoms with Crippen molar-refractivity contribution in [2.45, 2.75) is 26.3 Å². The van der Waals surface area contributed by atoms with Gasteiger partial charge in [-0.2, -0.15) is 4.98 Å². The standard InChI is InChI=1S/C14H22N4O/c1-4-12-11-7-15-6-10(11)8-18(12)14-16-9(2)5-13(17-14)19-3/h5,10-12,15H,4,6-8H2,1-3H3. The van der Waals surface area contributed by atoms with Gasteiger partial charge in [0, 0.05) is 37.4 Å². The molecule has 2 saturated heterocycles. The number of rotatable bonds is 3. The maximum Gasteiger partial charge on any atom is 0.229 e. The zero-order valence-corrected chi connectivity index (χ0v) is 11.9. The first-order valence-corrected chi connectivity index (χ1v) is 7.10. The molecule has 5 heteroatoms. The van der Waals surface area contributed by atoms with Crippen molar-refractivity contribution in [3.05, 3.63) is 11.8 Å². The molecule has 0 saturated carbocycles. The summed E-state index contributed by atoms with van der Waals surface area (Å²) in [5, 5.41) is 3.50. The van der Waals surface area contributed by atoms with E-state index >= 15 is 0 Å². The van der Waals surface area contributed by atoms with E-state index in [0.717, 1.165) is 49.5 Å². The zero-order chi connectivity index (χ0) is 13.4. The summed E-state index contributed by atoms with van der Waals surface area (Å²) in [5.41, 5.74) is 0.965. The van der Waals surface area contributed by atoms with Gasteiger partial charge in [-0.1, -0.05) is 6.92 Å². The van der Waals surface area contributed by atoms with Crippen LogP contribution in [0.15, 0.2) is 6.07 Å². The van der Waals surface area contributed by atoms with E-state index in [1.54, 1.807) is 7.11 Å². The van der Waals surface area contributed by atoms with Crippen LogP contribution in [-0.2, 0) is 0 Å². The number of fused-ring (bicyclic) bond motifs is 1. The van der Waals surface area contributed by atoms with Crippen molar-refractivity contribution in [1.82, 2.24) is 15.3 Å². The molecule has 0 aromatic carbocycles. The molecule has 104 valence electrons. The van der Waals surface area contributed by atoms with Gasteiger partial charge in [-0.25, -0.2) is 4.98 Å². The Balaban J connectivity index is 1.91. The van der Waals surface area contributed by atoms with Crippen LogP contribution in [0.25, 0.3) is 0 Å². The van der Waals surface area contributed by atoms with Gasteiger partial charge in [-0.15, -0.1) is 0 Å². The Morgan fingerprint density at radius 3 is 3.00 bits per heavy atom. The van der Waals surface area contributed by atoms with E-state index in [9.17, 15) is 0 Å². The van der Waals surface area contributed by atoms with Crippen LogP contribution < -0.4 is 15.0 Å². The Morgan fingerprint density at radius 2 is 2.26 bits per heavy atom. The highest BCUT2D eigenvalue weighted by molar-refractivity contribution is 5.38. The van der Waals surface area contributed by atoms with Gasteiger partial charge in [0.1, 0.15) is 0 Å². The van der Waals surface area contributed by atoms with Gasteiger partial charge in [0.15, 0.2) is 0 Å². The summed E-state index contributed by atoms with van der Waals surface area (Å²) < 4.78 is 5.27. The van der Waals surface area contributed by atoms with Gasteiger partial charge < -0.3 is 15.0 Å². The van der Waals surface area contributed by atoms with Gasteiger partial charge in [0.25, 0.3) is 0 Å². The summed E-state index contributed by atoms with van der Waals surface area (Å²) in [6.07, 6.45) is 1.14. The predicted octanol–water partition coefficient (Wildman–Crippen LogP) is 1.23. The molecular formula is C14H22N4O. The number of nitrogens with one attached hydrogen (secondary N) is 1. The van der Waals surface area contributed by atoms with Gasteiger partial charge >= 0.3 is 0 Å². The van der Waals surface area contributed by atoms with Crippen molar-refractivity contribution in [1.29, 1.82) is 0 Å². The third-order valence-corrected chi connectivity index (χ3v) is 4.42. The molecule has 2 aliphatic rings. The van der Waals surface area contributed by atoms with Crippen molar-refractivity contribution in [3.8, 4) is 5.88 Å². The number of nitrogens with zero attached hydrogens (tertiary/aromatic N) is 3. The van der Waals surface area contributed by atoms with Crippen LogP contribution in [0.4, 0.5) is 5.95 Å². The third kappa shape index (κ3) is 2.16. The molecule has 5 nitrogen and oxygen atoms in total. The lowest BCUT2D eigenvalue weighted by Crippen LogP contribution is -2.36. The van der Waals surface area contributed by atoms with Crippen LogP contribution in [0.1, 0.15) is 19.0 Å². The smallest absolute Gasteiger partial charge is 0.229 e. The lowest BCUT2D eigenvalue weighted by atomic mass is 9.93. The maximum atomic E-state index is 5.27. The van der Waals surface area contributed by atoms with Crippen LogP contribution in [0.5, 0.6) is 5.88 Å². The minimum absolute atomic E-state index is 0.548. The second-order valence-corrected chi connectivity index (χ2v) is 5.56. The normalized spacial score (nSPS) is 29.6. The average molecular weight is 262 g/mol. The number of hydrogen-bond donors (Lipinski definition) is 1. The first-order valence-electron chi connectivity index (χ1n) is 7.10. The molecule has 1 aromatic heterocycles. The van der Waals surface area contributed by atoms with Crippen molar-refractivity contribution in [3.63, 3.8) is 0 Å². The summed E-state index contributed by atoms with van der Waals surface area (Å²) in [7, 11) is 1.66. The van der Waals surface area contributed by atoms with E-state index in [0.29, 0.717) is 11.9 Å². The van der Waals surface area contributed by atoms with E-state index in [2.05, 4.69) is 27.1 Å². The highest BCUT2D eigenvalue weighted by Crippen LogP contribution is 2.36. The predicted molar refractivity (Wildman–Crippen MR) is 74.6 cm³/mol. The van der Waals surface area contributed by atoms with Crippen molar-refractivity contribution in [2.24, 2.45) is 11.8 Å². The topological polar surface area (TPSA) is 50.3 Å². The Morgan fingerprint density at radius 1 is 1.42 bits per heavy atom. The van der Waals surface area contributed by atoms with Crippen LogP contribution >= 0.6 is 0 Å². The van der Waals surface area contributed by atoms with Crippen LogP contribution in [-0.4, -0.2) is 42.8 Å². The highest BCUT2D eigenvalue weighted by atomic mass is 16.5. The Labute approximate surface area is 114 Å². The minimum Gasteiger partial charge on any atom is -0.481 e. The highest BCUT2D eigenvalue weighted by Gasteiger charge is 2.44. The molecule has 2 fully saturated rings. The molecule has 0 bridgehead atoms. The molecule has 1 aromatic rings. The first kappa shape index (κ1) is 12.7. The fraction of sp³-hybridized carbons (Fsp3) is 0.714. The van der Waals surface area contributed by atoms with E-state index in [1.807, 2.05) is 13.0 Å². The molecule has 3 heterocycles. The van der Waals surface area contributed by atoms with Crippen LogP contribution in [0.3, 0.4) is 0 Å². The fourth-order valence-corrected chi connectivity index (χ4v) is 3.53.